The highest BCUT2D eigenvalue weighted by atomic mass is 79.9. The number of thiazole rings is 2. The maximum atomic E-state index is 4.86. The van der Waals surface area contributed by atoms with Gasteiger partial charge in [-0.15, -0.1) is 0 Å². The average Bonchev–Trinajstić information content (AvgIpc) is 3.31. The van der Waals surface area contributed by atoms with Crippen LogP contribution in [-0.2, 0) is 6.42 Å². The van der Waals surface area contributed by atoms with Gasteiger partial charge in [-0.2, -0.15) is 0 Å². The molecule has 0 unspecified atom stereocenters. The van der Waals surface area contributed by atoms with Gasteiger partial charge in [0.2, 0.25) is 0 Å². The third-order valence-corrected chi connectivity index (χ3v) is 7.66. The molecule has 27 heavy (non-hydrogen) atoms. The molecule has 0 bridgehead atoms. The Bertz CT molecular complexity index is 1110. The van der Waals surface area contributed by atoms with Crippen LogP contribution in [0.25, 0.3) is 20.4 Å². The number of anilines is 2. The molecule has 0 aliphatic carbocycles. The summed E-state index contributed by atoms with van der Waals surface area (Å²) in [6, 6.07) is 12.9. The van der Waals surface area contributed by atoms with E-state index >= 15 is 0 Å². The summed E-state index contributed by atoms with van der Waals surface area (Å²) in [6.45, 7) is 6.14. The Kier molecular flexibility index (Phi) is 4.53. The maximum absolute atomic E-state index is 4.86. The molecule has 1 aliphatic rings. The van der Waals surface area contributed by atoms with Crippen molar-refractivity contribution in [2.75, 3.05) is 36.0 Å². The van der Waals surface area contributed by atoms with Crippen molar-refractivity contribution in [3.63, 3.8) is 0 Å². The molecule has 7 heteroatoms. The Balaban J connectivity index is 1.33. The maximum Gasteiger partial charge on any atom is 0.186 e. The number of fused-ring (bicyclic) bond motifs is 2. The van der Waals surface area contributed by atoms with E-state index in [1.54, 1.807) is 11.3 Å². The molecule has 1 saturated heterocycles. The Hall–Kier alpha value is -1.70. The van der Waals surface area contributed by atoms with Gasteiger partial charge < -0.3 is 9.80 Å². The fraction of sp³-hybridized carbons (Fsp3) is 0.300. The van der Waals surface area contributed by atoms with Crippen LogP contribution in [0.1, 0.15) is 12.5 Å². The zero-order valence-electron chi connectivity index (χ0n) is 15.0. The smallest absolute Gasteiger partial charge is 0.186 e. The minimum atomic E-state index is 0.983. The van der Waals surface area contributed by atoms with Crippen LogP contribution >= 0.6 is 38.6 Å². The monoisotopic (exact) mass is 458 g/mol. The molecule has 0 atom stereocenters. The van der Waals surface area contributed by atoms with E-state index < -0.39 is 0 Å². The predicted octanol–water partition coefficient (Wildman–Crippen LogP) is 5.56. The number of aryl methyl sites for hydroxylation is 1. The number of aromatic nitrogens is 2. The molecule has 4 aromatic rings. The lowest BCUT2D eigenvalue weighted by Gasteiger charge is -2.34. The summed E-state index contributed by atoms with van der Waals surface area (Å²) in [5, 5.41) is 2.27. The number of hydrogen-bond acceptors (Lipinski definition) is 6. The van der Waals surface area contributed by atoms with Crippen molar-refractivity contribution >= 4 is 69.3 Å². The molecule has 5 rings (SSSR count). The van der Waals surface area contributed by atoms with Gasteiger partial charge in [-0.3, -0.25) is 0 Å². The third kappa shape index (κ3) is 3.32. The van der Waals surface area contributed by atoms with Crippen molar-refractivity contribution in [2.24, 2.45) is 0 Å². The largest absolute Gasteiger partial charge is 0.345 e. The van der Waals surface area contributed by atoms with Crippen LogP contribution < -0.4 is 9.80 Å². The van der Waals surface area contributed by atoms with Gasteiger partial charge in [0.1, 0.15) is 0 Å². The molecule has 4 nitrogen and oxygen atoms in total. The van der Waals surface area contributed by atoms with Gasteiger partial charge in [-0.1, -0.05) is 51.6 Å². The second kappa shape index (κ2) is 7.04. The highest BCUT2D eigenvalue weighted by Gasteiger charge is 2.22. The summed E-state index contributed by atoms with van der Waals surface area (Å²) in [5.41, 5.74) is 3.58. The molecular formula is C20H19BrN4S2. The van der Waals surface area contributed by atoms with Gasteiger partial charge in [-0.05, 0) is 42.3 Å². The highest BCUT2D eigenvalue weighted by Crippen LogP contribution is 2.33. The van der Waals surface area contributed by atoms with Crippen molar-refractivity contribution in [2.45, 2.75) is 13.3 Å². The number of piperazine rings is 1. The first-order valence-corrected chi connectivity index (χ1v) is 11.6. The minimum absolute atomic E-state index is 0.983. The second-order valence-electron chi connectivity index (χ2n) is 6.73. The predicted molar refractivity (Wildman–Crippen MR) is 121 cm³/mol. The van der Waals surface area contributed by atoms with Crippen LogP contribution in [0.4, 0.5) is 10.3 Å². The topological polar surface area (TPSA) is 32.3 Å². The summed E-state index contributed by atoms with van der Waals surface area (Å²) in [5.74, 6) is 0. The molecule has 0 saturated carbocycles. The van der Waals surface area contributed by atoms with Crippen molar-refractivity contribution < 1.29 is 0 Å². The van der Waals surface area contributed by atoms with Crippen molar-refractivity contribution in [3.05, 3.63) is 46.4 Å². The average molecular weight is 459 g/mol. The quantitative estimate of drug-likeness (QED) is 0.402. The molecule has 138 valence electrons. The van der Waals surface area contributed by atoms with Crippen molar-refractivity contribution in [1.29, 1.82) is 0 Å². The summed E-state index contributed by atoms with van der Waals surface area (Å²) in [4.78, 5) is 14.5. The van der Waals surface area contributed by atoms with E-state index in [0.29, 0.717) is 0 Å². The van der Waals surface area contributed by atoms with Gasteiger partial charge in [0, 0.05) is 30.7 Å². The second-order valence-corrected chi connectivity index (χ2v) is 9.67. The number of nitrogens with zero attached hydrogens (tertiary/aromatic N) is 4. The first-order valence-electron chi connectivity index (χ1n) is 9.15. The van der Waals surface area contributed by atoms with E-state index in [-0.39, 0.29) is 0 Å². The van der Waals surface area contributed by atoms with E-state index in [4.69, 9.17) is 9.97 Å². The highest BCUT2D eigenvalue weighted by molar-refractivity contribution is 9.10. The van der Waals surface area contributed by atoms with Gasteiger partial charge >= 0.3 is 0 Å². The Morgan fingerprint density at radius 3 is 2.00 bits per heavy atom. The van der Waals surface area contributed by atoms with E-state index in [2.05, 4.69) is 69.1 Å². The summed E-state index contributed by atoms with van der Waals surface area (Å²) < 4.78 is 3.64. The molecule has 0 N–H and O–H groups in total. The van der Waals surface area contributed by atoms with E-state index in [0.717, 1.165) is 58.4 Å². The molecule has 3 heterocycles. The Morgan fingerprint density at radius 1 is 0.852 bits per heavy atom. The zero-order valence-corrected chi connectivity index (χ0v) is 18.2. The van der Waals surface area contributed by atoms with Gasteiger partial charge in [0.15, 0.2) is 10.3 Å². The fourth-order valence-corrected chi connectivity index (χ4v) is 6.07. The first-order chi connectivity index (χ1) is 13.2. The van der Waals surface area contributed by atoms with Crippen LogP contribution in [0.3, 0.4) is 0 Å². The summed E-state index contributed by atoms with van der Waals surface area (Å²) in [7, 11) is 0. The number of halogens is 1. The van der Waals surface area contributed by atoms with Crippen LogP contribution in [-0.4, -0.2) is 36.1 Å². The normalized spacial score (nSPS) is 15.2. The van der Waals surface area contributed by atoms with Gasteiger partial charge in [-0.25, -0.2) is 9.97 Å². The third-order valence-electron chi connectivity index (χ3n) is 5.01. The molecule has 0 amide bonds. The Morgan fingerprint density at radius 2 is 1.41 bits per heavy atom. The molecular weight excluding hydrogens is 440 g/mol. The van der Waals surface area contributed by atoms with E-state index in [1.165, 1.54) is 15.0 Å². The minimum Gasteiger partial charge on any atom is -0.345 e. The molecule has 0 radical (unpaired) electrons. The van der Waals surface area contributed by atoms with Gasteiger partial charge in [0.05, 0.1) is 20.4 Å². The molecule has 0 spiro atoms. The lowest BCUT2D eigenvalue weighted by molar-refractivity contribution is 0.651. The van der Waals surface area contributed by atoms with Crippen LogP contribution in [0.5, 0.6) is 0 Å². The van der Waals surface area contributed by atoms with Crippen molar-refractivity contribution in [1.82, 2.24) is 9.97 Å². The van der Waals surface area contributed by atoms with Crippen LogP contribution in [0.2, 0.25) is 0 Å². The molecule has 2 aromatic carbocycles. The molecule has 1 fully saturated rings. The Labute approximate surface area is 174 Å². The van der Waals surface area contributed by atoms with E-state index in [9.17, 15) is 0 Å². The lowest BCUT2D eigenvalue weighted by atomic mass is 10.2. The number of rotatable bonds is 3. The van der Waals surface area contributed by atoms with Crippen molar-refractivity contribution in [3.8, 4) is 0 Å². The number of benzene rings is 2. The standard InChI is InChI=1S/C20H19BrN4S2/c1-2-13-3-5-15-17(11-13)26-19(22-15)24-7-9-25(10-8-24)20-23-16-6-4-14(21)12-18(16)27-20/h3-6,11-12H,2,7-10H2,1H3. The molecule has 1 aliphatic heterocycles. The number of hydrogen-bond donors (Lipinski definition) is 0. The summed E-state index contributed by atoms with van der Waals surface area (Å²) in [6.07, 6.45) is 1.07. The van der Waals surface area contributed by atoms with Crippen LogP contribution in [0, 0.1) is 0 Å². The van der Waals surface area contributed by atoms with Crippen LogP contribution in [0.15, 0.2) is 40.9 Å². The first kappa shape index (κ1) is 17.4. The summed E-state index contributed by atoms with van der Waals surface area (Å²) >= 11 is 7.14. The zero-order chi connectivity index (χ0) is 18.4. The van der Waals surface area contributed by atoms with Gasteiger partial charge in [0.25, 0.3) is 0 Å². The molecule has 2 aromatic heterocycles. The SMILES string of the molecule is CCc1ccc2nc(N3CCN(c4nc5ccc(Br)cc5s4)CC3)sc2c1. The lowest BCUT2D eigenvalue weighted by Crippen LogP contribution is -2.46. The van der Waals surface area contributed by atoms with E-state index in [1.807, 2.05) is 11.3 Å². The fourth-order valence-electron chi connectivity index (χ4n) is 3.42.